The molecule has 10 heteroatoms. The average molecular weight is 620 g/mol. The molecule has 0 saturated heterocycles. The van der Waals surface area contributed by atoms with Gasteiger partial charge in [0.15, 0.2) is 5.11 Å². The number of rotatable bonds is 10. The Morgan fingerprint density at radius 2 is 1.83 bits per heavy atom. The number of aromatic nitrogens is 2. The van der Waals surface area contributed by atoms with Gasteiger partial charge in [-0.05, 0) is 73.9 Å². The molecule has 216 valence electrons. The Morgan fingerprint density at radius 1 is 1.10 bits per heavy atom. The van der Waals surface area contributed by atoms with Crippen molar-refractivity contribution >= 4 is 52.1 Å². The van der Waals surface area contributed by atoms with Crippen molar-refractivity contribution in [3.63, 3.8) is 0 Å². The number of imidazole rings is 1. The molecule has 2 N–H and O–H groups in total. The Labute approximate surface area is 262 Å². The van der Waals surface area contributed by atoms with Crippen LogP contribution in [0.15, 0.2) is 79.3 Å². The zero-order valence-electron chi connectivity index (χ0n) is 23.7. The summed E-state index contributed by atoms with van der Waals surface area (Å²) >= 11 is 18.7. The van der Waals surface area contributed by atoms with Gasteiger partial charge in [-0.3, -0.25) is 4.79 Å². The fourth-order valence-electron chi connectivity index (χ4n) is 4.61. The average Bonchev–Trinajstić information content (AvgIpc) is 3.37. The molecule has 0 bridgehead atoms. The van der Waals surface area contributed by atoms with Crippen LogP contribution in [0.2, 0.25) is 10.0 Å². The van der Waals surface area contributed by atoms with E-state index in [1.165, 1.54) is 0 Å². The van der Waals surface area contributed by atoms with Crippen molar-refractivity contribution in [2.45, 2.75) is 45.8 Å². The molecule has 1 aromatic heterocycles. The molecule has 0 aliphatic rings. The zero-order chi connectivity index (χ0) is 30.3. The molecular weight excluding hydrogens is 587 g/mol. The molecule has 4 aromatic rings. The van der Waals surface area contributed by atoms with E-state index < -0.39 is 5.54 Å². The van der Waals surface area contributed by atoms with Crippen molar-refractivity contribution in [2.75, 3.05) is 11.9 Å². The Bertz CT molecular complexity index is 1610. The second-order valence-corrected chi connectivity index (χ2v) is 11.9. The van der Waals surface area contributed by atoms with Crippen LogP contribution in [0.25, 0.3) is 0 Å². The lowest BCUT2D eigenvalue weighted by Gasteiger charge is -2.35. The Kier molecular flexibility index (Phi) is 10.2. The number of benzene rings is 3. The minimum Gasteiger partial charge on any atom is -0.349 e. The molecule has 0 unspecified atom stereocenters. The third-order valence-electron chi connectivity index (χ3n) is 6.71. The molecule has 4 rings (SSSR count). The number of halogens is 2. The van der Waals surface area contributed by atoms with E-state index in [1.807, 2.05) is 78.8 Å². The van der Waals surface area contributed by atoms with Crippen molar-refractivity contribution in [3.8, 4) is 6.07 Å². The van der Waals surface area contributed by atoms with Crippen LogP contribution < -0.4 is 10.6 Å². The molecule has 3 aromatic carbocycles. The van der Waals surface area contributed by atoms with Crippen molar-refractivity contribution < 1.29 is 4.79 Å². The fraction of sp³-hybridized carbons (Fsp3) is 0.250. The van der Waals surface area contributed by atoms with Gasteiger partial charge >= 0.3 is 0 Å². The van der Waals surface area contributed by atoms with Crippen LogP contribution in [-0.4, -0.2) is 37.6 Å². The monoisotopic (exact) mass is 618 g/mol. The van der Waals surface area contributed by atoms with Gasteiger partial charge < -0.3 is 20.1 Å². The molecule has 0 fully saturated rings. The normalized spacial score (nSPS) is 11.0. The maximum Gasteiger partial charge on any atom is 0.226 e. The van der Waals surface area contributed by atoms with Gasteiger partial charge in [0.05, 0.1) is 40.0 Å². The molecule has 0 spiro atoms. The van der Waals surface area contributed by atoms with E-state index >= 15 is 0 Å². The fourth-order valence-corrected chi connectivity index (χ4v) is 5.22. The van der Waals surface area contributed by atoms with E-state index in [0.717, 1.165) is 28.1 Å². The molecular formula is C32H32Cl2N6OS. The van der Waals surface area contributed by atoms with Gasteiger partial charge in [-0.1, -0.05) is 65.7 Å². The van der Waals surface area contributed by atoms with Gasteiger partial charge in [0.25, 0.3) is 0 Å². The van der Waals surface area contributed by atoms with Crippen molar-refractivity contribution in [1.29, 1.82) is 5.26 Å². The highest BCUT2D eigenvalue weighted by Crippen LogP contribution is 2.27. The van der Waals surface area contributed by atoms with Crippen LogP contribution in [0.5, 0.6) is 0 Å². The van der Waals surface area contributed by atoms with Gasteiger partial charge in [0.2, 0.25) is 5.91 Å². The molecule has 0 atom stereocenters. The molecule has 0 aliphatic carbocycles. The predicted octanol–water partition coefficient (Wildman–Crippen LogP) is 6.75. The van der Waals surface area contributed by atoms with E-state index in [4.69, 9.17) is 40.7 Å². The summed E-state index contributed by atoms with van der Waals surface area (Å²) in [7, 11) is 0. The van der Waals surface area contributed by atoms with Crippen LogP contribution in [-0.2, 0) is 24.3 Å². The van der Waals surface area contributed by atoms with Crippen molar-refractivity contribution in [1.82, 2.24) is 19.8 Å². The highest BCUT2D eigenvalue weighted by atomic mass is 35.5. The smallest absolute Gasteiger partial charge is 0.226 e. The maximum absolute atomic E-state index is 13.3. The molecule has 1 amide bonds. The van der Waals surface area contributed by atoms with Gasteiger partial charge in [-0.25, -0.2) is 4.98 Å². The van der Waals surface area contributed by atoms with Crippen LogP contribution in [0.3, 0.4) is 0 Å². The Morgan fingerprint density at radius 3 is 2.55 bits per heavy atom. The Hall–Kier alpha value is -3.90. The van der Waals surface area contributed by atoms with Crippen molar-refractivity contribution in [2.24, 2.45) is 0 Å². The van der Waals surface area contributed by atoms with Gasteiger partial charge in [0.1, 0.15) is 0 Å². The van der Waals surface area contributed by atoms with E-state index in [-0.39, 0.29) is 12.3 Å². The lowest BCUT2D eigenvalue weighted by atomic mass is 10.0. The van der Waals surface area contributed by atoms with Crippen LogP contribution in [0, 0.1) is 18.3 Å². The first-order chi connectivity index (χ1) is 20.0. The summed E-state index contributed by atoms with van der Waals surface area (Å²) in [6.45, 7) is 7.28. The molecule has 0 radical (unpaired) electrons. The lowest BCUT2D eigenvalue weighted by Crippen LogP contribution is -2.53. The summed E-state index contributed by atoms with van der Waals surface area (Å²) in [5.74, 6) is -0.139. The number of hydrogen-bond acceptors (Lipinski definition) is 4. The highest BCUT2D eigenvalue weighted by Gasteiger charge is 2.27. The first kappa shape index (κ1) is 31.0. The molecule has 42 heavy (non-hydrogen) atoms. The van der Waals surface area contributed by atoms with Crippen LogP contribution in [0.1, 0.15) is 41.8 Å². The number of nitrogens with one attached hydrogen (secondary N) is 2. The predicted molar refractivity (Wildman–Crippen MR) is 173 cm³/mol. The number of amides is 1. The number of aryl methyl sites for hydroxylation is 1. The summed E-state index contributed by atoms with van der Waals surface area (Å²) in [4.78, 5) is 19.5. The summed E-state index contributed by atoms with van der Waals surface area (Å²) in [6.07, 6.45) is 3.56. The zero-order valence-corrected chi connectivity index (χ0v) is 26.0. The number of anilines is 1. The highest BCUT2D eigenvalue weighted by molar-refractivity contribution is 7.80. The number of hydrogen-bond donors (Lipinski definition) is 2. The van der Waals surface area contributed by atoms with Gasteiger partial charge in [-0.2, -0.15) is 5.26 Å². The second-order valence-electron chi connectivity index (χ2n) is 10.7. The first-order valence-corrected chi connectivity index (χ1v) is 14.5. The third-order valence-corrected chi connectivity index (χ3v) is 7.93. The maximum atomic E-state index is 13.3. The molecule has 1 heterocycles. The number of carbonyl (C=O) groups is 1. The Balaban J connectivity index is 1.47. The summed E-state index contributed by atoms with van der Waals surface area (Å²) in [5.41, 5.74) is 4.54. The SMILES string of the molecule is Cc1ccccc1NC(=S)N(Cc1cccc(Cl)c1Cl)CC(C)(C)NC(=O)Cc1cncn1Cc1ccc(C#N)cc1. The van der Waals surface area contributed by atoms with Gasteiger partial charge in [0, 0.05) is 37.2 Å². The molecule has 0 saturated carbocycles. The summed E-state index contributed by atoms with van der Waals surface area (Å²) in [6, 6.07) is 22.9. The van der Waals surface area contributed by atoms with Crippen LogP contribution >= 0.6 is 35.4 Å². The summed E-state index contributed by atoms with van der Waals surface area (Å²) in [5, 5.41) is 17.0. The van der Waals surface area contributed by atoms with Crippen LogP contribution in [0.4, 0.5) is 5.69 Å². The largest absolute Gasteiger partial charge is 0.349 e. The number of para-hydroxylation sites is 1. The first-order valence-electron chi connectivity index (χ1n) is 13.4. The van der Waals surface area contributed by atoms with E-state index in [0.29, 0.717) is 40.4 Å². The minimum absolute atomic E-state index is 0.139. The van der Waals surface area contributed by atoms with Crippen molar-refractivity contribution in [3.05, 3.63) is 117 Å². The summed E-state index contributed by atoms with van der Waals surface area (Å²) < 4.78 is 1.93. The van der Waals surface area contributed by atoms with E-state index in [2.05, 4.69) is 21.7 Å². The minimum atomic E-state index is -0.655. The lowest BCUT2D eigenvalue weighted by molar-refractivity contribution is -0.122. The second kappa shape index (κ2) is 13.8. The quantitative estimate of drug-likeness (QED) is 0.191. The van der Waals surface area contributed by atoms with E-state index in [1.54, 1.807) is 30.7 Å². The number of thiocarbonyl (C=S) groups is 1. The third kappa shape index (κ3) is 8.32. The van der Waals surface area contributed by atoms with Gasteiger partial charge in [-0.15, -0.1) is 0 Å². The number of nitriles is 1. The molecule has 7 nitrogen and oxygen atoms in total. The topological polar surface area (TPSA) is 86.0 Å². The number of nitrogens with zero attached hydrogens (tertiary/aromatic N) is 4. The number of carbonyl (C=O) groups excluding carboxylic acids is 1. The van der Waals surface area contributed by atoms with E-state index in [9.17, 15) is 4.79 Å². The molecule has 0 aliphatic heterocycles. The standard InChI is InChI=1S/C32H32Cl2N6OS/c1-22-7-4-5-10-28(22)37-31(42)39(19-25-8-6-9-27(33)30(25)34)20-32(2,3)38-29(41)15-26-17-36-21-40(26)18-24-13-11-23(16-35)12-14-24/h4-14,17,21H,15,18-20H2,1-3H3,(H,37,42)(H,38,41).